The minimum atomic E-state index is -3.42. The van der Waals surface area contributed by atoms with Crippen LogP contribution in [0.4, 0.5) is 0 Å². The Labute approximate surface area is 155 Å². The summed E-state index contributed by atoms with van der Waals surface area (Å²) in [6.07, 6.45) is 3.48. The van der Waals surface area contributed by atoms with Crippen LogP contribution in [0, 0.1) is 5.92 Å². The van der Waals surface area contributed by atoms with Gasteiger partial charge in [0.1, 0.15) is 0 Å². The number of nitrogens with one attached hydrogen (secondary N) is 1. The average Bonchev–Trinajstić information content (AvgIpc) is 2.65. The molecule has 0 amide bonds. The topological polar surface area (TPSA) is 83.5 Å². The summed E-state index contributed by atoms with van der Waals surface area (Å²) in [5.74, 6) is -1.12. The fourth-order valence-corrected chi connectivity index (χ4v) is 3.61. The van der Waals surface area contributed by atoms with E-state index in [1.807, 2.05) is 30.3 Å². The fraction of sp³-hybridized carbons (Fsp3) is 0.350. The molecule has 0 aliphatic rings. The van der Waals surface area contributed by atoms with Crippen LogP contribution in [0.1, 0.15) is 30.4 Å². The molecule has 26 heavy (non-hydrogen) atoms. The average molecular weight is 375 g/mol. The monoisotopic (exact) mass is 375 g/mol. The summed E-state index contributed by atoms with van der Waals surface area (Å²) in [5.41, 5.74) is 2.16. The Bertz CT molecular complexity index is 801. The highest BCUT2D eigenvalue weighted by Gasteiger charge is 2.17. The third kappa shape index (κ3) is 5.97. The van der Waals surface area contributed by atoms with Crippen LogP contribution >= 0.6 is 0 Å². The Hall–Kier alpha value is -2.18. The number of carboxylic acid groups (broad SMARTS) is 1. The molecule has 2 rings (SSSR count). The lowest BCUT2D eigenvalue weighted by atomic mass is 9.93. The van der Waals surface area contributed by atoms with E-state index in [4.69, 9.17) is 0 Å². The third-order valence-electron chi connectivity index (χ3n) is 4.49. The van der Waals surface area contributed by atoms with Crippen LogP contribution < -0.4 is 4.72 Å². The van der Waals surface area contributed by atoms with E-state index >= 15 is 0 Å². The first kappa shape index (κ1) is 20.1. The molecule has 0 aromatic heterocycles. The van der Waals surface area contributed by atoms with Crippen LogP contribution in [0.25, 0.3) is 0 Å². The van der Waals surface area contributed by atoms with Gasteiger partial charge in [-0.3, -0.25) is 4.79 Å². The summed E-state index contributed by atoms with van der Waals surface area (Å²) < 4.78 is 25.7. The minimum absolute atomic E-state index is 0.232. The van der Waals surface area contributed by atoms with Crippen molar-refractivity contribution in [3.63, 3.8) is 0 Å². The van der Waals surface area contributed by atoms with Crippen molar-refractivity contribution in [1.82, 2.24) is 4.72 Å². The lowest BCUT2D eigenvalue weighted by Gasteiger charge is -2.12. The number of sulfonamides is 1. The van der Waals surface area contributed by atoms with Crippen molar-refractivity contribution >= 4 is 16.0 Å². The molecule has 1 unspecified atom stereocenters. The van der Waals surface area contributed by atoms with Gasteiger partial charge >= 0.3 is 5.97 Å². The first-order chi connectivity index (χ1) is 12.4. The fourth-order valence-electron chi connectivity index (χ4n) is 2.88. The van der Waals surface area contributed by atoms with Gasteiger partial charge in [0.05, 0.1) is 10.8 Å². The molecule has 140 valence electrons. The van der Waals surface area contributed by atoms with E-state index in [0.29, 0.717) is 12.8 Å². The summed E-state index contributed by atoms with van der Waals surface area (Å²) in [4.78, 5) is 11.7. The number of hydrogen-bond donors (Lipinski definition) is 2. The van der Waals surface area contributed by atoms with Gasteiger partial charge in [0.25, 0.3) is 0 Å². The van der Waals surface area contributed by atoms with E-state index in [-0.39, 0.29) is 10.8 Å². The summed E-state index contributed by atoms with van der Waals surface area (Å²) in [7, 11) is -2.04. The predicted molar refractivity (Wildman–Crippen MR) is 102 cm³/mol. The summed E-state index contributed by atoms with van der Waals surface area (Å²) in [6, 6.07) is 16.6. The standard InChI is InChI=1S/C20H25NO4S/c1-21-26(24,25)19-14-11-17(12-15-19)8-5-9-18(20(22)23)13-10-16-6-3-2-4-7-16/h2-4,6-7,11-12,14-15,18,21H,5,8-10,13H2,1H3,(H,22,23). The number of benzene rings is 2. The molecule has 2 aromatic carbocycles. The Kier molecular flexibility index (Phi) is 7.36. The van der Waals surface area contributed by atoms with E-state index in [2.05, 4.69) is 4.72 Å². The first-order valence-electron chi connectivity index (χ1n) is 8.71. The van der Waals surface area contributed by atoms with Gasteiger partial charge in [-0.15, -0.1) is 0 Å². The number of carboxylic acids is 1. The molecular formula is C20H25NO4S. The molecule has 5 nitrogen and oxygen atoms in total. The van der Waals surface area contributed by atoms with Crippen molar-refractivity contribution in [1.29, 1.82) is 0 Å². The highest BCUT2D eigenvalue weighted by molar-refractivity contribution is 7.89. The number of rotatable bonds is 10. The first-order valence-corrected chi connectivity index (χ1v) is 10.2. The molecule has 0 bridgehead atoms. The Balaban J connectivity index is 1.85. The predicted octanol–water partition coefficient (Wildman–Crippen LogP) is 3.25. The van der Waals surface area contributed by atoms with Gasteiger partial charge in [-0.05, 0) is 62.4 Å². The van der Waals surface area contributed by atoms with Crippen LogP contribution in [0.2, 0.25) is 0 Å². The Morgan fingerprint density at radius 2 is 1.58 bits per heavy atom. The molecule has 0 fully saturated rings. The molecule has 0 saturated heterocycles. The number of hydrogen-bond acceptors (Lipinski definition) is 3. The summed E-state index contributed by atoms with van der Waals surface area (Å²) in [6.45, 7) is 0. The van der Waals surface area contributed by atoms with Crippen LogP contribution in [0.3, 0.4) is 0 Å². The van der Waals surface area contributed by atoms with Crippen LogP contribution in [-0.2, 0) is 27.7 Å². The second-order valence-corrected chi connectivity index (χ2v) is 8.19. The Morgan fingerprint density at radius 3 is 2.15 bits per heavy atom. The van der Waals surface area contributed by atoms with Crippen molar-refractivity contribution in [2.45, 2.75) is 37.0 Å². The maximum atomic E-state index is 11.7. The number of carbonyl (C=O) groups is 1. The van der Waals surface area contributed by atoms with Gasteiger partial charge in [0, 0.05) is 0 Å². The van der Waals surface area contributed by atoms with E-state index in [0.717, 1.165) is 30.4 Å². The van der Waals surface area contributed by atoms with Crippen molar-refractivity contribution in [2.75, 3.05) is 7.05 Å². The van der Waals surface area contributed by atoms with E-state index in [9.17, 15) is 18.3 Å². The zero-order valence-electron chi connectivity index (χ0n) is 14.9. The summed E-state index contributed by atoms with van der Waals surface area (Å²) in [5, 5.41) is 9.43. The van der Waals surface area contributed by atoms with E-state index in [1.54, 1.807) is 24.3 Å². The smallest absolute Gasteiger partial charge is 0.306 e. The molecule has 0 aliphatic carbocycles. The van der Waals surface area contributed by atoms with Crippen molar-refractivity contribution in [3.05, 3.63) is 65.7 Å². The van der Waals surface area contributed by atoms with Crippen LogP contribution in [-0.4, -0.2) is 26.5 Å². The molecule has 2 aromatic rings. The quantitative estimate of drug-likeness (QED) is 0.668. The second kappa shape index (κ2) is 9.50. The molecule has 1 atom stereocenters. The molecule has 0 aliphatic heterocycles. The van der Waals surface area contributed by atoms with Gasteiger partial charge in [0.15, 0.2) is 0 Å². The van der Waals surface area contributed by atoms with Gasteiger partial charge in [-0.2, -0.15) is 0 Å². The largest absolute Gasteiger partial charge is 0.481 e. The number of aliphatic carboxylic acids is 1. The number of aryl methyl sites for hydroxylation is 2. The van der Waals surface area contributed by atoms with E-state index in [1.165, 1.54) is 7.05 Å². The highest BCUT2D eigenvalue weighted by atomic mass is 32.2. The zero-order chi connectivity index (χ0) is 19.0. The van der Waals surface area contributed by atoms with Gasteiger partial charge in [-0.25, -0.2) is 13.1 Å². The Morgan fingerprint density at radius 1 is 0.962 bits per heavy atom. The van der Waals surface area contributed by atoms with Crippen molar-refractivity contribution in [2.24, 2.45) is 5.92 Å². The van der Waals surface area contributed by atoms with Crippen molar-refractivity contribution in [3.8, 4) is 0 Å². The molecule has 0 heterocycles. The SMILES string of the molecule is CNS(=O)(=O)c1ccc(CCCC(CCc2ccccc2)C(=O)O)cc1. The third-order valence-corrected chi connectivity index (χ3v) is 5.92. The van der Waals surface area contributed by atoms with Gasteiger partial charge in [0.2, 0.25) is 10.0 Å². The van der Waals surface area contributed by atoms with Gasteiger partial charge < -0.3 is 5.11 Å². The summed E-state index contributed by atoms with van der Waals surface area (Å²) >= 11 is 0. The van der Waals surface area contributed by atoms with Gasteiger partial charge in [-0.1, -0.05) is 42.5 Å². The molecule has 0 saturated carbocycles. The lowest BCUT2D eigenvalue weighted by molar-refractivity contribution is -0.142. The normalized spacial score (nSPS) is 12.7. The highest BCUT2D eigenvalue weighted by Crippen LogP contribution is 2.18. The van der Waals surface area contributed by atoms with Crippen LogP contribution in [0.15, 0.2) is 59.5 Å². The van der Waals surface area contributed by atoms with E-state index < -0.39 is 16.0 Å². The minimum Gasteiger partial charge on any atom is -0.481 e. The zero-order valence-corrected chi connectivity index (χ0v) is 15.7. The van der Waals surface area contributed by atoms with Crippen molar-refractivity contribution < 1.29 is 18.3 Å². The molecular weight excluding hydrogens is 350 g/mol. The maximum absolute atomic E-state index is 11.7. The molecule has 2 N–H and O–H groups in total. The van der Waals surface area contributed by atoms with Crippen LogP contribution in [0.5, 0.6) is 0 Å². The molecule has 0 spiro atoms. The molecule has 0 radical (unpaired) electrons. The second-order valence-electron chi connectivity index (χ2n) is 6.30. The maximum Gasteiger partial charge on any atom is 0.306 e. The lowest BCUT2D eigenvalue weighted by Crippen LogP contribution is -2.18. The molecule has 6 heteroatoms.